The highest BCUT2D eigenvalue weighted by Gasteiger charge is 2.12. The number of aromatic nitrogens is 1. The van der Waals surface area contributed by atoms with Crippen molar-refractivity contribution in [3.8, 4) is 0 Å². The van der Waals surface area contributed by atoms with Gasteiger partial charge in [-0.15, -0.1) is 0 Å². The first-order valence-corrected chi connectivity index (χ1v) is 11.0. The highest BCUT2D eigenvalue weighted by molar-refractivity contribution is 6.01. The summed E-state index contributed by atoms with van der Waals surface area (Å²) in [4.78, 5) is 29.0. The molecule has 32 heavy (non-hydrogen) atoms. The van der Waals surface area contributed by atoms with Crippen LogP contribution in [0.4, 0.5) is 11.5 Å². The Morgan fingerprint density at radius 2 is 1.84 bits per heavy atom. The topological polar surface area (TPSA) is 96.3 Å². The van der Waals surface area contributed by atoms with Gasteiger partial charge in [-0.3, -0.25) is 9.59 Å². The van der Waals surface area contributed by atoms with Crippen LogP contribution in [-0.4, -0.2) is 23.3 Å². The van der Waals surface area contributed by atoms with Gasteiger partial charge in [-0.2, -0.15) is 0 Å². The second-order valence-corrected chi connectivity index (χ2v) is 7.61. The van der Waals surface area contributed by atoms with Gasteiger partial charge < -0.3 is 20.4 Å². The van der Waals surface area contributed by atoms with E-state index in [0.717, 1.165) is 30.5 Å². The first-order chi connectivity index (χ1) is 15.6. The molecule has 7 nitrogen and oxygen atoms in total. The average Bonchev–Trinajstić information content (AvgIpc) is 3.36. The van der Waals surface area contributed by atoms with Crippen LogP contribution in [-0.2, 0) is 6.54 Å². The molecule has 0 unspecified atom stereocenters. The Kier molecular flexibility index (Phi) is 8.43. The fourth-order valence-electron chi connectivity index (χ4n) is 3.45. The Morgan fingerprint density at radius 3 is 2.59 bits per heavy atom. The molecule has 3 rings (SSSR count). The minimum absolute atomic E-state index is 0.0832. The highest BCUT2D eigenvalue weighted by Crippen LogP contribution is 2.18. The van der Waals surface area contributed by atoms with Crippen molar-refractivity contribution in [1.29, 1.82) is 0 Å². The van der Waals surface area contributed by atoms with Crippen LogP contribution in [0.15, 0.2) is 65.4 Å². The number of carbonyl (C=O) groups excluding carboxylic acids is 2. The fourth-order valence-corrected chi connectivity index (χ4v) is 3.45. The van der Waals surface area contributed by atoms with Gasteiger partial charge >= 0.3 is 0 Å². The molecule has 3 N–H and O–H groups in total. The number of hydrogen-bond acceptors (Lipinski definition) is 5. The smallest absolute Gasteiger partial charge is 0.292 e. The zero-order valence-electron chi connectivity index (χ0n) is 18.6. The van der Waals surface area contributed by atoms with E-state index >= 15 is 0 Å². The molecule has 2 heterocycles. The van der Waals surface area contributed by atoms with E-state index in [1.54, 1.807) is 24.4 Å². The fraction of sp³-hybridized carbons (Fsp3) is 0.320. The maximum absolute atomic E-state index is 12.7. The monoisotopic (exact) mass is 434 g/mol. The van der Waals surface area contributed by atoms with Gasteiger partial charge in [0.15, 0.2) is 5.76 Å². The zero-order valence-corrected chi connectivity index (χ0v) is 18.6. The van der Waals surface area contributed by atoms with Crippen LogP contribution in [0.25, 0.3) is 0 Å². The molecule has 168 valence electrons. The number of amides is 2. The highest BCUT2D eigenvalue weighted by atomic mass is 16.3. The summed E-state index contributed by atoms with van der Waals surface area (Å²) in [5, 5.41) is 9.07. The standard InChI is InChI=1S/C25H30N4O3/c1-3-18(4-2)11-14-27-24(30)20-8-5-6-9-21(20)28-17-19-12-13-26-23(16-19)29-25(31)22-10-7-15-32-22/h5-10,12-13,15-16,18,28H,3-4,11,14,17H2,1-2H3,(H,27,30)(H,26,29,31). The minimum Gasteiger partial charge on any atom is -0.459 e. The number of rotatable bonds is 11. The van der Waals surface area contributed by atoms with Gasteiger partial charge in [0.25, 0.3) is 11.8 Å². The summed E-state index contributed by atoms with van der Waals surface area (Å²) in [6.45, 7) is 5.51. The summed E-state index contributed by atoms with van der Waals surface area (Å²) in [5.41, 5.74) is 2.28. The van der Waals surface area contributed by atoms with Crippen molar-refractivity contribution in [2.75, 3.05) is 17.2 Å². The van der Waals surface area contributed by atoms with Gasteiger partial charge in [0, 0.05) is 25.0 Å². The molecule has 0 radical (unpaired) electrons. The van der Waals surface area contributed by atoms with E-state index in [9.17, 15) is 9.59 Å². The molecule has 0 fully saturated rings. The van der Waals surface area contributed by atoms with Crippen LogP contribution in [0, 0.1) is 5.92 Å². The van der Waals surface area contributed by atoms with E-state index in [-0.39, 0.29) is 17.6 Å². The molecule has 0 aliphatic heterocycles. The molecule has 0 saturated carbocycles. The van der Waals surface area contributed by atoms with Gasteiger partial charge in [-0.25, -0.2) is 4.98 Å². The first-order valence-electron chi connectivity index (χ1n) is 11.0. The van der Waals surface area contributed by atoms with E-state index in [1.165, 1.54) is 6.26 Å². The summed E-state index contributed by atoms with van der Waals surface area (Å²) in [7, 11) is 0. The van der Waals surface area contributed by atoms with Crippen LogP contribution < -0.4 is 16.0 Å². The van der Waals surface area contributed by atoms with E-state index in [1.807, 2.05) is 30.3 Å². The van der Waals surface area contributed by atoms with Gasteiger partial charge in [0.05, 0.1) is 11.8 Å². The van der Waals surface area contributed by atoms with E-state index in [4.69, 9.17) is 4.42 Å². The van der Waals surface area contributed by atoms with E-state index in [2.05, 4.69) is 34.8 Å². The van der Waals surface area contributed by atoms with Crippen molar-refractivity contribution < 1.29 is 14.0 Å². The maximum Gasteiger partial charge on any atom is 0.292 e. The van der Waals surface area contributed by atoms with Crippen molar-refractivity contribution in [2.45, 2.75) is 39.7 Å². The third-order valence-electron chi connectivity index (χ3n) is 5.46. The summed E-state index contributed by atoms with van der Waals surface area (Å²) < 4.78 is 5.10. The van der Waals surface area contributed by atoms with Crippen molar-refractivity contribution in [3.05, 3.63) is 77.9 Å². The van der Waals surface area contributed by atoms with E-state index in [0.29, 0.717) is 30.4 Å². The lowest BCUT2D eigenvalue weighted by Gasteiger charge is -2.15. The summed E-state index contributed by atoms with van der Waals surface area (Å²) in [6, 6.07) is 14.3. The second-order valence-electron chi connectivity index (χ2n) is 7.61. The van der Waals surface area contributed by atoms with Crippen LogP contribution in [0.5, 0.6) is 0 Å². The Hall–Kier alpha value is -3.61. The van der Waals surface area contributed by atoms with Crippen LogP contribution in [0.3, 0.4) is 0 Å². The molecule has 3 aromatic rings. The largest absolute Gasteiger partial charge is 0.459 e. The summed E-state index contributed by atoms with van der Waals surface area (Å²) in [6.07, 6.45) is 6.31. The Bertz CT molecular complexity index is 1010. The average molecular weight is 435 g/mol. The number of para-hydroxylation sites is 1. The van der Waals surface area contributed by atoms with Crippen LogP contribution in [0.2, 0.25) is 0 Å². The SMILES string of the molecule is CCC(CC)CCNC(=O)c1ccccc1NCc1ccnc(NC(=O)c2ccco2)c1. The second kappa shape index (κ2) is 11.7. The summed E-state index contributed by atoms with van der Waals surface area (Å²) >= 11 is 0. The number of carbonyl (C=O) groups is 2. The molecule has 0 saturated heterocycles. The van der Waals surface area contributed by atoms with Crippen molar-refractivity contribution in [3.63, 3.8) is 0 Å². The molecular weight excluding hydrogens is 404 g/mol. The van der Waals surface area contributed by atoms with Crippen molar-refractivity contribution >= 4 is 23.3 Å². The molecule has 0 bridgehead atoms. The normalized spacial score (nSPS) is 10.7. The molecule has 1 aromatic carbocycles. The summed E-state index contributed by atoms with van der Waals surface area (Å²) in [5.74, 6) is 0.846. The number of anilines is 2. The maximum atomic E-state index is 12.7. The first kappa shape index (κ1) is 23.1. The lowest BCUT2D eigenvalue weighted by molar-refractivity contribution is 0.0950. The Morgan fingerprint density at radius 1 is 1.03 bits per heavy atom. The van der Waals surface area contributed by atoms with E-state index < -0.39 is 0 Å². The number of nitrogens with one attached hydrogen (secondary N) is 3. The molecule has 2 amide bonds. The van der Waals surface area contributed by atoms with Gasteiger partial charge in [0.2, 0.25) is 0 Å². The third kappa shape index (κ3) is 6.44. The number of nitrogens with zero attached hydrogens (tertiary/aromatic N) is 1. The van der Waals surface area contributed by atoms with Gasteiger partial charge in [-0.1, -0.05) is 38.8 Å². The minimum atomic E-state index is -0.358. The lowest BCUT2D eigenvalue weighted by atomic mass is 9.99. The molecule has 0 aliphatic rings. The lowest BCUT2D eigenvalue weighted by Crippen LogP contribution is -2.26. The number of furan rings is 1. The van der Waals surface area contributed by atoms with Crippen molar-refractivity contribution in [1.82, 2.24) is 10.3 Å². The number of benzene rings is 1. The number of pyridine rings is 1. The molecule has 0 atom stereocenters. The predicted molar refractivity (Wildman–Crippen MR) is 126 cm³/mol. The van der Waals surface area contributed by atoms with Crippen molar-refractivity contribution in [2.24, 2.45) is 5.92 Å². The molecule has 0 aliphatic carbocycles. The van der Waals surface area contributed by atoms with Crippen LogP contribution in [0.1, 0.15) is 59.6 Å². The Labute approximate surface area is 188 Å². The quantitative estimate of drug-likeness (QED) is 0.390. The molecule has 7 heteroatoms. The predicted octanol–water partition coefficient (Wildman–Crippen LogP) is 5.10. The molecule has 0 spiro atoms. The van der Waals surface area contributed by atoms with Gasteiger partial charge in [-0.05, 0) is 54.3 Å². The molecular formula is C25H30N4O3. The zero-order chi connectivity index (χ0) is 22.8. The Balaban J connectivity index is 1.59. The van der Waals surface area contributed by atoms with Crippen LogP contribution >= 0.6 is 0 Å². The molecule has 2 aromatic heterocycles. The third-order valence-corrected chi connectivity index (χ3v) is 5.46. The number of hydrogen-bond donors (Lipinski definition) is 3. The van der Waals surface area contributed by atoms with Gasteiger partial charge in [0.1, 0.15) is 5.82 Å².